The minimum absolute atomic E-state index is 1.03. The molecule has 0 amide bonds. The average molecular weight is 267 g/mol. The van der Waals surface area contributed by atoms with Crippen molar-refractivity contribution in [1.82, 2.24) is 4.98 Å². The Morgan fingerprint density at radius 3 is 2.80 bits per heavy atom. The maximum absolute atomic E-state index is 4.06. The highest BCUT2D eigenvalue weighted by atomic mass is 15.1. The predicted octanol–water partition coefficient (Wildman–Crippen LogP) is 2.75. The first-order valence-corrected chi connectivity index (χ1v) is 7.18. The molecule has 3 heteroatoms. The minimum Gasteiger partial charge on any atom is -0.374 e. The monoisotopic (exact) mass is 267 g/mol. The summed E-state index contributed by atoms with van der Waals surface area (Å²) in [6, 6.07) is 11.0. The molecule has 0 spiro atoms. The van der Waals surface area contributed by atoms with E-state index in [1.165, 1.54) is 22.5 Å². The molecule has 0 atom stereocenters. The zero-order valence-electron chi connectivity index (χ0n) is 12.2. The third-order valence-electron chi connectivity index (χ3n) is 4.12. The summed E-state index contributed by atoms with van der Waals surface area (Å²) in [6.07, 6.45) is 5.94. The highest BCUT2D eigenvalue weighted by Crippen LogP contribution is 2.30. The highest BCUT2D eigenvalue weighted by Gasteiger charge is 2.16. The maximum Gasteiger partial charge on any atom is 0.0398 e. The second-order valence-corrected chi connectivity index (χ2v) is 5.51. The molecule has 0 N–H and O–H groups in total. The smallest absolute Gasteiger partial charge is 0.0398 e. The molecule has 2 aromatic rings. The lowest BCUT2D eigenvalue weighted by atomic mass is 10.1. The second kappa shape index (κ2) is 5.53. The first-order valence-electron chi connectivity index (χ1n) is 7.18. The molecule has 1 aromatic heterocycles. The van der Waals surface area contributed by atoms with Gasteiger partial charge in [0.2, 0.25) is 0 Å². The lowest BCUT2D eigenvalue weighted by Gasteiger charge is -2.21. The van der Waals surface area contributed by atoms with Crippen molar-refractivity contribution in [3.8, 4) is 0 Å². The SMILES string of the molecule is CN(CCc1ccncc1)c1ccc2c(c1)CCN2C. The van der Waals surface area contributed by atoms with Gasteiger partial charge in [-0.2, -0.15) is 0 Å². The molecule has 1 aromatic carbocycles. The van der Waals surface area contributed by atoms with Crippen LogP contribution < -0.4 is 9.80 Å². The van der Waals surface area contributed by atoms with Crippen LogP contribution in [0.2, 0.25) is 0 Å². The first-order chi connectivity index (χ1) is 9.74. The molecule has 0 bridgehead atoms. The summed E-state index contributed by atoms with van der Waals surface area (Å²) < 4.78 is 0. The topological polar surface area (TPSA) is 19.4 Å². The van der Waals surface area contributed by atoms with E-state index in [-0.39, 0.29) is 0 Å². The van der Waals surface area contributed by atoms with Crippen LogP contribution in [0.5, 0.6) is 0 Å². The van der Waals surface area contributed by atoms with E-state index in [2.05, 4.69) is 59.2 Å². The molecule has 2 heterocycles. The van der Waals surface area contributed by atoms with Gasteiger partial charge in [-0.15, -0.1) is 0 Å². The largest absolute Gasteiger partial charge is 0.374 e. The Hall–Kier alpha value is -2.03. The molecule has 104 valence electrons. The number of hydrogen-bond acceptors (Lipinski definition) is 3. The summed E-state index contributed by atoms with van der Waals surface area (Å²) in [4.78, 5) is 8.72. The Morgan fingerprint density at radius 2 is 2.00 bits per heavy atom. The van der Waals surface area contributed by atoms with E-state index in [0.29, 0.717) is 0 Å². The number of pyridine rings is 1. The fourth-order valence-corrected chi connectivity index (χ4v) is 2.77. The number of hydrogen-bond donors (Lipinski definition) is 0. The molecule has 3 rings (SSSR count). The van der Waals surface area contributed by atoms with Crippen LogP contribution in [-0.2, 0) is 12.8 Å². The van der Waals surface area contributed by atoms with Gasteiger partial charge >= 0.3 is 0 Å². The Kier molecular flexibility index (Phi) is 3.59. The van der Waals surface area contributed by atoms with Crippen LogP contribution in [0.15, 0.2) is 42.7 Å². The molecular weight excluding hydrogens is 246 g/mol. The molecule has 0 radical (unpaired) electrons. The Bertz CT molecular complexity index is 580. The quantitative estimate of drug-likeness (QED) is 0.849. The van der Waals surface area contributed by atoms with E-state index in [0.717, 1.165) is 25.9 Å². The summed E-state index contributed by atoms with van der Waals surface area (Å²) in [6.45, 7) is 2.16. The fraction of sp³-hybridized carbons (Fsp3) is 0.353. The van der Waals surface area contributed by atoms with Crippen molar-refractivity contribution in [3.05, 3.63) is 53.9 Å². The van der Waals surface area contributed by atoms with Gasteiger partial charge in [-0.25, -0.2) is 0 Å². The molecule has 0 unspecified atom stereocenters. The zero-order chi connectivity index (χ0) is 13.9. The molecule has 20 heavy (non-hydrogen) atoms. The van der Waals surface area contributed by atoms with Gasteiger partial charge in [0.1, 0.15) is 0 Å². The van der Waals surface area contributed by atoms with Gasteiger partial charge < -0.3 is 9.80 Å². The lowest BCUT2D eigenvalue weighted by molar-refractivity contribution is 0.874. The van der Waals surface area contributed by atoms with Crippen LogP contribution in [0, 0.1) is 0 Å². The summed E-state index contributed by atoms with van der Waals surface area (Å²) in [5.74, 6) is 0. The van der Waals surface area contributed by atoms with Crippen molar-refractivity contribution in [2.75, 3.05) is 37.0 Å². The van der Waals surface area contributed by atoms with Gasteiger partial charge in [0.25, 0.3) is 0 Å². The number of fused-ring (bicyclic) bond motifs is 1. The Balaban J connectivity index is 1.67. The number of rotatable bonds is 4. The Labute approximate surface area is 120 Å². The van der Waals surface area contributed by atoms with Gasteiger partial charge in [0.05, 0.1) is 0 Å². The highest BCUT2D eigenvalue weighted by molar-refractivity contribution is 5.64. The molecule has 0 saturated carbocycles. The van der Waals surface area contributed by atoms with Crippen LogP contribution in [0.1, 0.15) is 11.1 Å². The van der Waals surface area contributed by atoms with Gasteiger partial charge in [0, 0.05) is 51.0 Å². The molecule has 0 saturated heterocycles. The lowest BCUT2D eigenvalue weighted by Crippen LogP contribution is -2.20. The van der Waals surface area contributed by atoms with Gasteiger partial charge in [0.15, 0.2) is 0 Å². The van der Waals surface area contributed by atoms with E-state index in [1.807, 2.05) is 12.4 Å². The van der Waals surface area contributed by atoms with Crippen LogP contribution >= 0.6 is 0 Å². The molecular formula is C17H21N3. The Morgan fingerprint density at radius 1 is 1.20 bits per heavy atom. The molecule has 3 nitrogen and oxygen atoms in total. The summed E-state index contributed by atoms with van der Waals surface area (Å²) in [5.41, 5.74) is 5.51. The first kappa shape index (κ1) is 13.0. The maximum atomic E-state index is 4.06. The van der Waals surface area contributed by atoms with E-state index in [1.54, 1.807) is 0 Å². The molecule has 1 aliphatic rings. The summed E-state index contributed by atoms with van der Waals surface area (Å²) in [5, 5.41) is 0. The third kappa shape index (κ3) is 2.62. The van der Waals surface area contributed by atoms with Crippen LogP contribution in [0.3, 0.4) is 0 Å². The van der Waals surface area contributed by atoms with Crippen molar-refractivity contribution in [1.29, 1.82) is 0 Å². The normalized spacial score (nSPS) is 13.4. The van der Waals surface area contributed by atoms with E-state index < -0.39 is 0 Å². The van der Waals surface area contributed by atoms with Crippen molar-refractivity contribution in [2.45, 2.75) is 12.8 Å². The molecule has 1 aliphatic heterocycles. The number of likely N-dealkylation sites (N-methyl/N-ethyl adjacent to an activating group) is 2. The average Bonchev–Trinajstić information content (AvgIpc) is 2.87. The van der Waals surface area contributed by atoms with Crippen LogP contribution in [0.25, 0.3) is 0 Å². The van der Waals surface area contributed by atoms with Crippen molar-refractivity contribution in [3.63, 3.8) is 0 Å². The van der Waals surface area contributed by atoms with E-state index in [9.17, 15) is 0 Å². The van der Waals surface area contributed by atoms with Crippen molar-refractivity contribution < 1.29 is 0 Å². The van der Waals surface area contributed by atoms with E-state index in [4.69, 9.17) is 0 Å². The standard InChI is InChI=1S/C17H21N3/c1-19(11-7-14-5-9-18-10-6-14)16-3-4-17-15(13-16)8-12-20(17)2/h3-6,9-10,13H,7-8,11-12H2,1-2H3. The number of nitrogens with zero attached hydrogens (tertiary/aromatic N) is 3. The molecule has 0 aliphatic carbocycles. The number of aromatic nitrogens is 1. The third-order valence-corrected chi connectivity index (χ3v) is 4.12. The zero-order valence-corrected chi connectivity index (χ0v) is 12.2. The predicted molar refractivity (Wildman–Crippen MR) is 84.6 cm³/mol. The van der Waals surface area contributed by atoms with Gasteiger partial charge in [-0.1, -0.05) is 0 Å². The van der Waals surface area contributed by atoms with Crippen molar-refractivity contribution >= 4 is 11.4 Å². The molecule has 0 fully saturated rings. The summed E-state index contributed by atoms with van der Waals surface area (Å²) in [7, 11) is 4.33. The second-order valence-electron chi connectivity index (χ2n) is 5.51. The van der Waals surface area contributed by atoms with Crippen LogP contribution in [-0.4, -0.2) is 32.2 Å². The number of benzene rings is 1. The summed E-state index contributed by atoms with van der Waals surface area (Å²) >= 11 is 0. The van der Waals surface area contributed by atoms with Crippen molar-refractivity contribution in [2.24, 2.45) is 0 Å². The van der Waals surface area contributed by atoms with Gasteiger partial charge in [-0.05, 0) is 54.3 Å². The fourth-order valence-electron chi connectivity index (χ4n) is 2.77. The van der Waals surface area contributed by atoms with E-state index >= 15 is 0 Å². The minimum atomic E-state index is 1.03. The van der Waals surface area contributed by atoms with Crippen LogP contribution in [0.4, 0.5) is 11.4 Å². The van der Waals surface area contributed by atoms with Gasteiger partial charge in [-0.3, -0.25) is 4.98 Å². The number of anilines is 2.